The summed E-state index contributed by atoms with van der Waals surface area (Å²) in [7, 11) is 0. The van der Waals surface area contributed by atoms with Crippen molar-refractivity contribution >= 4 is 23.2 Å². The van der Waals surface area contributed by atoms with Gasteiger partial charge in [-0.15, -0.1) is 10.2 Å². The first kappa shape index (κ1) is 17.1. The molecule has 8 heteroatoms. The third-order valence-electron chi connectivity index (χ3n) is 2.90. The first-order valence-electron chi connectivity index (χ1n) is 6.75. The number of carbonyl (C=O) groups is 1. The monoisotopic (exact) mass is 341 g/mol. The number of ether oxygens (including phenoxy) is 1. The van der Waals surface area contributed by atoms with Gasteiger partial charge in [0.2, 0.25) is 17.5 Å². The molecule has 1 amide bonds. The Balaban J connectivity index is 2.33. The number of anilines is 1. The Hall–Kier alpha value is -2.28. The quantitative estimate of drug-likeness (QED) is 0.901. The van der Waals surface area contributed by atoms with Crippen LogP contribution in [0.4, 0.5) is 14.5 Å². The van der Waals surface area contributed by atoms with E-state index in [0.717, 1.165) is 12.1 Å². The number of hydrogen-bond donors (Lipinski definition) is 1. The Bertz CT molecular complexity index is 730. The number of nitrogens with one attached hydrogen (secondary N) is 1. The van der Waals surface area contributed by atoms with Gasteiger partial charge >= 0.3 is 0 Å². The van der Waals surface area contributed by atoms with Crippen LogP contribution in [0.3, 0.4) is 0 Å². The standard InChI is InChI=1S/C15H14ClF2N3O2/c1-7(2)10-6-13(20-21-15(10)16)23-14-11(17)4-9(5-12(14)18)19-8(3)22/h4-7H,1-3H3,(H,19,22). The molecule has 0 fully saturated rings. The molecule has 2 aromatic rings. The van der Waals surface area contributed by atoms with E-state index in [1.807, 2.05) is 13.8 Å². The molecule has 0 aliphatic heterocycles. The van der Waals surface area contributed by atoms with Crippen molar-refractivity contribution in [3.05, 3.63) is 40.6 Å². The second kappa shape index (κ2) is 6.87. The van der Waals surface area contributed by atoms with Gasteiger partial charge in [0.1, 0.15) is 0 Å². The van der Waals surface area contributed by atoms with Crippen LogP contribution >= 0.6 is 11.6 Å². The van der Waals surface area contributed by atoms with Crippen molar-refractivity contribution in [2.45, 2.75) is 26.7 Å². The fourth-order valence-corrected chi connectivity index (χ4v) is 2.18. The second-order valence-electron chi connectivity index (χ2n) is 5.14. The van der Waals surface area contributed by atoms with Crippen LogP contribution in [0, 0.1) is 11.6 Å². The molecule has 0 aliphatic carbocycles. The van der Waals surface area contributed by atoms with Crippen LogP contribution in [0.25, 0.3) is 0 Å². The fraction of sp³-hybridized carbons (Fsp3) is 0.267. The highest BCUT2D eigenvalue weighted by molar-refractivity contribution is 6.30. The summed E-state index contributed by atoms with van der Waals surface area (Å²) < 4.78 is 33.1. The van der Waals surface area contributed by atoms with E-state index < -0.39 is 23.3 Å². The van der Waals surface area contributed by atoms with Crippen LogP contribution in [-0.2, 0) is 4.79 Å². The summed E-state index contributed by atoms with van der Waals surface area (Å²) in [5.41, 5.74) is 0.636. The van der Waals surface area contributed by atoms with Gasteiger partial charge in [0.05, 0.1) is 0 Å². The van der Waals surface area contributed by atoms with E-state index in [4.69, 9.17) is 16.3 Å². The van der Waals surface area contributed by atoms with Crippen LogP contribution in [0.5, 0.6) is 11.6 Å². The zero-order valence-electron chi connectivity index (χ0n) is 12.7. The topological polar surface area (TPSA) is 64.1 Å². The lowest BCUT2D eigenvalue weighted by Crippen LogP contribution is -2.07. The smallest absolute Gasteiger partial charge is 0.239 e. The Kier molecular flexibility index (Phi) is 5.10. The van der Waals surface area contributed by atoms with E-state index in [9.17, 15) is 13.6 Å². The van der Waals surface area contributed by atoms with Gasteiger partial charge < -0.3 is 10.1 Å². The molecule has 0 radical (unpaired) electrons. The Morgan fingerprint density at radius 2 is 1.83 bits per heavy atom. The molecule has 122 valence electrons. The van der Waals surface area contributed by atoms with E-state index in [2.05, 4.69) is 15.5 Å². The molecule has 1 aromatic carbocycles. The fourth-order valence-electron chi connectivity index (χ4n) is 1.86. The van der Waals surface area contributed by atoms with E-state index in [1.54, 1.807) is 0 Å². The predicted octanol–water partition coefficient (Wildman–Crippen LogP) is 4.28. The van der Waals surface area contributed by atoms with E-state index in [1.165, 1.54) is 13.0 Å². The molecule has 0 spiro atoms. The van der Waals surface area contributed by atoms with Gasteiger partial charge in [-0.1, -0.05) is 25.4 Å². The number of halogens is 3. The third kappa shape index (κ3) is 4.13. The molecule has 0 atom stereocenters. The van der Waals surface area contributed by atoms with E-state index >= 15 is 0 Å². The number of amides is 1. The largest absolute Gasteiger partial charge is 0.431 e. The molecule has 0 aliphatic rings. The lowest BCUT2D eigenvalue weighted by atomic mass is 10.1. The van der Waals surface area contributed by atoms with Crippen molar-refractivity contribution < 1.29 is 18.3 Å². The first-order chi connectivity index (χ1) is 10.8. The summed E-state index contributed by atoms with van der Waals surface area (Å²) in [4.78, 5) is 10.9. The zero-order chi connectivity index (χ0) is 17.1. The van der Waals surface area contributed by atoms with Gasteiger partial charge in [-0.2, -0.15) is 0 Å². The maximum absolute atomic E-state index is 14.0. The second-order valence-corrected chi connectivity index (χ2v) is 5.49. The van der Waals surface area contributed by atoms with E-state index in [0.29, 0.717) is 5.56 Å². The van der Waals surface area contributed by atoms with Crippen LogP contribution in [0.15, 0.2) is 18.2 Å². The molecule has 1 aromatic heterocycles. The minimum absolute atomic E-state index is 0.00934. The molecule has 0 bridgehead atoms. The summed E-state index contributed by atoms with van der Waals surface area (Å²) in [5, 5.41) is 9.86. The number of benzene rings is 1. The molecule has 2 rings (SSSR count). The molecule has 0 unspecified atom stereocenters. The normalized spacial score (nSPS) is 10.7. The highest BCUT2D eigenvalue weighted by atomic mass is 35.5. The highest BCUT2D eigenvalue weighted by Crippen LogP contribution is 2.31. The van der Waals surface area contributed by atoms with Gasteiger partial charge in [-0.25, -0.2) is 8.78 Å². The maximum atomic E-state index is 14.0. The molecular weight excluding hydrogens is 328 g/mol. The summed E-state index contributed by atoms with van der Waals surface area (Å²) in [6.45, 7) is 5.00. The Morgan fingerprint density at radius 1 is 1.22 bits per heavy atom. The van der Waals surface area contributed by atoms with Crippen molar-refractivity contribution in [3.8, 4) is 11.6 Å². The predicted molar refractivity (Wildman–Crippen MR) is 81.9 cm³/mol. The Labute approximate surface area is 136 Å². The molecule has 0 saturated carbocycles. The van der Waals surface area contributed by atoms with Gasteiger partial charge in [0, 0.05) is 30.8 Å². The van der Waals surface area contributed by atoms with Crippen molar-refractivity contribution in [1.82, 2.24) is 10.2 Å². The Morgan fingerprint density at radius 3 is 2.35 bits per heavy atom. The van der Waals surface area contributed by atoms with Crippen LogP contribution in [-0.4, -0.2) is 16.1 Å². The summed E-state index contributed by atoms with van der Waals surface area (Å²) in [5.74, 6) is -3.07. The lowest BCUT2D eigenvalue weighted by molar-refractivity contribution is -0.114. The molecule has 5 nitrogen and oxygen atoms in total. The average Bonchev–Trinajstić information content (AvgIpc) is 2.43. The van der Waals surface area contributed by atoms with Crippen LogP contribution < -0.4 is 10.1 Å². The van der Waals surface area contributed by atoms with Crippen molar-refractivity contribution in [3.63, 3.8) is 0 Å². The summed E-state index contributed by atoms with van der Waals surface area (Å²) in [6, 6.07) is 3.37. The minimum Gasteiger partial charge on any atom is -0.431 e. The third-order valence-corrected chi connectivity index (χ3v) is 3.19. The highest BCUT2D eigenvalue weighted by Gasteiger charge is 2.17. The first-order valence-corrected chi connectivity index (χ1v) is 7.13. The summed E-state index contributed by atoms with van der Waals surface area (Å²) in [6.07, 6.45) is 0. The SMILES string of the molecule is CC(=O)Nc1cc(F)c(Oc2cc(C(C)C)c(Cl)nn2)c(F)c1. The minimum atomic E-state index is -0.975. The van der Waals surface area contributed by atoms with Gasteiger partial charge in [0.15, 0.2) is 16.8 Å². The van der Waals surface area contributed by atoms with Gasteiger partial charge in [0.25, 0.3) is 0 Å². The van der Waals surface area contributed by atoms with Crippen molar-refractivity contribution in [1.29, 1.82) is 0 Å². The number of carbonyl (C=O) groups excluding carboxylic acids is 1. The van der Waals surface area contributed by atoms with Crippen LogP contribution in [0.2, 0.25) is 5.15 Å². The average molecular weight is 342 g/mol. The number of aromatic nitrogens is 2. The zero-order valence-corrected chi connectivity index (χ0v) is 13.4. The number of hydrogen-bond acceptors (Lipinski definition) is 4. The number of nitrogens with zero attached hydrogens (tertiary/aromatic N) is 2. The summed E-state index contributed by atoms with van der Waals surface area (Å²) >= 11 is 5.91. The molecule has 1 N–H and O–H groups in total. The van der Waals surface area contributed by atoms with Crippen LogP contribution in [0.1, 0.15) is 32.3 Å². The van der Waals surface area contributed by atoms with Gasteiger partial charge in [-0.3, -0.25) is 4.79 Å². The molecule has 0 saturated heterocycles. The maximum Gasteiger partial charge on any atom is 0.239 e. The lowest BCUT2D eigenvalue weighted by Gasteiger charge is -2.11. The molecular formula is C15H14ClF2N3O2. The molecule has 1 heterocycles. The van der Waals surface area contributed by atoms with Crippen molar-refractivity contribution in [2.24, 2.45) is 0 Å². The van der Waals surface area contributed by atoms with Crippen molar-refractivity contribution in [2.75, 3.05) is 5.32 Å². The number of rotatable bonds is 4. The molecule has 23 heavy (non-hydrogen) atoms. The van der Waals surface area contributed by atoms with E-state index in [-0.39, 0.29) is 22.6 Å². The van der Waals surface area contributed by atoms with Gasteiger partial charge in [-0.05, 0) is 11.5 Å².